The van der Waals surface area contributed by atoms with E-state index in [1.165, 1.54) is 16.0 Å². The molecule has 1 heterocycles. The van der Waals surface area contributed by atoms with Crippen molar-refractivity contribution in [1.29, 1.82) is 0 Å². The zero-order chi connectivity index (χ0) is 13.2. The van der Waals surface area contributed by atoms with Crippen molar-refractivity contribution in [3.05, 3.63) is 65.2 Å². The number of amidine groups is 1. The van der Waals surface area contributed by atoms with Crippen LogP contribution in [-0.2, 0) is 6.42 Å². The first-order valence-corrected chi connectivity index (χ1v) is 7.56. The lowest BCUT2D eigenvalue weighted by atomic mass is 9.93. The molecule has 0 saturated carbocycles. The van der Waals surface area contributed by atoms with Crippen LogP contribution in [0.1, 0.15) is 22.7 Å². The third-order valence-corrected chi connectivity index (χ3v) is 4.25. The summed E-state index contributed by atoms with van der Waals surface area (Å²) in [6, 6.07) is 17.0. The number of nitrogens with zero attached hydrogens (tertiary/aromatic N) is 1. The number of thioether (sulfide) groups is 1. The van der Waals surface area contributed by atoms with E-state index < -0.39 is 0 Å². The molecule has 0 bridgehead atoms. The number of aliphatic imine (C=N–C) groups is 1. The van der Waals surface area contributed by atoms with Crippen LogP contribution < -0.4 is 5.73 Å². The normalized spacial score (nSPS) is 16.9. The van der Waals surface area contributed by atoms with E-state index in [9.17, 15) is 0 Å². The van der Waals surface area contributed by atoms with E-state index in [1.54, 1.807) is 11.8 Å². The Morgan fingerprint density at radius 3 is 2.50 bits per heavy atom. The van der Waals surface area contributed by atoms with Gasteiger partial charge < -0.3 is 5.73 Å². The lowest BCUT2D eigenvalue weighted by Crippen LogP contribution is -2.22. The molecule has 0 radical (unpaired) electrons. The summed E-state index contributed by atoms with van der Waals surface area (Å²) in [5.74, 6) is 0.654. The van der Waals surface area contributed by atoms with Crippen molar-refractivity contribution in [1.82, 2.24) is 0 Å². The van der Waals surface area contributed by atoms with Gasteiger partial charge in [-0.1, -0.05) is 36.4 Å². The number of hydrogen-bond acceptors (Lipinski definition) is 3. The summed E-state index contributed by atoms with van der Waals surface area (Å²) in [5, 5.41) is 0. The fourth-order valence-corrected chi connectivity index (χ4v) is 2.87. The fraction of sp³-hybridized carbons (Fsp3) is 0.188. The summed E-state index contributed by atoms with van der Waals surface area (Å²) in [5.41, 5.74) is 9.68. The van der Waals surface area contributed by atoms with Crippen LogP contribution in [-0.4, -0.2) is 12.1 Å². The first-order chi connectivity index (χ1) is 9.28. The van der Waals surface area contributed by atoms with Gasteiger partial charge in [-0.25, -0.2) is 0 Å². The third-order valence-electron chi connectivity index (χ3n) is 3.50. The molecule has 2 aromatic carbocycles. The Balaban J connectivity index is 0.00000147. The average molecular weight is 305 g/mol. The van der Waals surface area contributed by atoms with Crippen molar-refractivity contribution in [2.24, 2.45) is 10.7 Å². The minimum atomic E-state index is 0. The van der Waals surface area contributed by atoms with Crippen LogP contribution in [0.5, 0.6) is 0 Å². The molecule has 1 aliphatic heterocycles. The summed E-state index contributed by atoms with van der Waals surface area (Å²) >= 11 is 1.75. The zero-order valence-electron chi connectivity index (χ0n) is 11.2. The molecule has 20 heavy (non-hydrogen) atoms. The van der Waals surface area contributed by atoms with E-state index in [0.29, 0.717) is 5.84 Å². The van der Waals surface area contributed by atoms with Crippen LogP contribution in [0, 0.1) is 0 Å². The molecular formula is C16H17ClN2S. The monoisotopic (exact) mass is 304 g/mol. The largest absolute Gasteiger partial charge is 0.383 e. The average Bonchev–Trinajstić information content (AvgIpc) is 2.47. The fourth-order valence-electron chi connectivity index (χ4n) is 2.46. The predicted octanol–water partition coefficient (Wildman–Crippen LogP) is 3.83. The van der Waals surface area contributed by atoms with Crippen LogP contribution in [0.3, 0.4) is 0 Å². The topological polar surface area (TPSA) is 38.4 Å². The first kappa shape index (κ1) is 14.9. The van der Waals surface area contributed by atoms with Crippen LogP contribution in [0.2, 0.25) is 0 Å². The van der Waals surface area contributed by atoms with Crippen molar-refractivity contribution in [2.45, 2.75) is 17.4 Å². The molecule has 1 aliphatic rings. The van der Waals surface area contributed by atoms with Gasteiger partial charge in [-0.2, -0.15) is 0 Å². The van der Waals surface area contributed by atoms with Gasteiger partial charge in [0.05, 0.1) is 6.04 Å². The Morgan fingerprint density at radius 1 is 1.10 bits per heavy atom. The summed E-state index contributed by atoms with van der Waals surface area (Å²) in [4.78, 5) is 5.91. The molecule has 1 unspecified atom stereocenters. The van der Waals surface area contributed by atoms with Gasteiger partial charge in [-0.05, 0) is 35.9 Å². The summed E-state index contributed by atoms with van der Waals surface area (Å²) < 4.78 is 0. The van der Waals surface area contributed by atoms with E-state index in [-0.39, 0.29) is 18.4 Å². The standard InChI is InChI=1S/C16H16N2S.ClH/c1-19-13-8-6-11(7-9-13)15-10-12-4-2-3-5-14(12)16(17)18-15;/h2-9,15H,10H2,1H3,(H2,17,18);1H. The van der Waals surface area contributed by atoms with E-state index in [2.05, 4.69) is 47.6 Å². The second-order valence-corrected chi connectivity index (χ2v) is 5.54. The van der Waals surface area contributed by atoms with Crippen LogP contribution >= 0.6 is 24.2 Å². The summed E-state index contributed by atoms with van der Waals surface area (Å²) in [6.45, 7) is 0. The predicted molar refractivity (Wildman–Crippen MR) is 89.1 cm³/mol. The molecule has 0 fully saturated rings. The number of nitrogens with two attached hydrogens (primary N) is 1. The van der Waals surface area contributed by atoms with E-state index in [0.717, 1.165) is 12.0 Å². The van der Waals surface area contributed by atoms with E-state index >= 15 is 0 Å². The van der Waals surface area contributed by atoms with Crippen LogP contribution in [0.25, 0.3) is 0 Å². The zero-order valence-corrected chi connectivity index (χ0v) is 12.9. The van der Waals surface area contributed by atoms with Gasteiger partial charge in [0, 0.05) is 10.5 Å². The Bertz CT molecular complexity index is 623. The van der Waals surface area contributed by atoms with Crippen molar-refractivity contribution < 1.29 is 0 Å². The molecule has 2 aromatic rings. The number of rotatable bonds is 2. The summed E-state index contributed by atoms with van der Waals surface area (Å²) in [7, 11) is 0. The highest BCUT2D eigenvalue weighted by molar-refractivity contribution is 7.98. The van der Waals surface area contributed by atoms with Crippen molar-refractivity contribution in [3.63, 3.8) is 0 Å². The van der Waals surface area contributed by atoms with Crippen molar-refractivity contribution in [2.75, 3.05) is 6.26 Å². The molecule has 4 heteroatoms. The SMILES string of the molecule is CSc1ccc(C2Cc3ccccc3C(N)=N2)cc1.Cl. The van der Waals surface area contributed by atoms with Gasteiger partial charge in [0.15, 0.2) is 0 Å². The Morgan fingerprint density at radius 2 is 1.80 bits per heavy atom. The maximum Gasteiger partial charge on any atom is 0.126 e. The minimum absolute atomic E-state index is 0. The maximum atomic E-state index is 6.08. The molecule has 1 atom stereocenters. The highest BCUT2D eigenvalue weighted by atomic mass is 35.5. The smallest absolute Gasteiger partial charge is 0.126 e. The van der Waals surface area contributed by atoms with Crippen LogP contribution in [0.15, 0.2) is 58.4 Å². The molecule has 2 nitrogen and oxygen atoms in total. The van der Waals surface area contributed by atoms with Gasteiger partial charge >= 0.3 is 0 Å². The van der Waals surface area contributed by atoms with Gasteiger partial charge in [0.25, 0.3) is 0 Å². The lowest BCUT2D eigenvalue weighted by molar-refractivity contribution is 0.709. The number of benzene rings is 2. The Kier molecular flexibility index (Phi) is 4.73. The van der Waals surface area contributed by atoms with Gasteiger partial charge in [0.2, 0.25) is 0 Å². The van der Waals surface area contributed by atoms with Gasteiger partial charge in [0.1, 0.15) is 5.84 Å². The van der Waals surface area contributed by atoms with Gasteiger partial charge in [-0.3, -0.25) is 4.99 Å². The molecule has 0 amide bonds. The second-order valence-electron chi connectivity index (χ2n) is 4.66. The van der Waals surface area contributed by atoms with Gasteiger partial charge in [-0.15, -0.1) is 24.2 Å². The quantitative estimate of drug-likeness (QED) is 0.856. The number of hydrogen-bond donors (Lipinski definition) is 1. The number of fused-ring (bicyclic) bond motifs is 1. The maximum absolute atomic E-state index is 6.08. The molecule has 0 aliphatic carbocycles. The molecular weight excluding hydrogens is 288 g/mol. The Hall–Kier alpha value is -1.45. The highest BCUT2D eigenvalue weighted by Gasteiger charge is 2.20. The molecule has 0 spiro atoms. The van der Waals surface area contributed by atoms with Crippen molar-refractivity contribution >= 4 is 30.0 Å². The first-order valence-electron chi connectivity index (χ1n) is 6.33. The Labute approximate surface area is 129 Å². The van der Waals surface area contributed by atoms with E-state index in [1.807, 2.05) is 12.1 Å². The number of halogens is 1. The third kappa shape index (κ3) is 2.84. The van der Waals surface area contributed by atoms with Crippen molar-refractivity contribution in [3.8, 4) is 0 Å². The molecule has 2 N–H and O–H groups in total. The van der Waals surface area contributed by atoms with E-state index in [4.69, 9.17) is 5.73 Å². The summed E-state index contributed by atoms with van der Waals surface area (Å²) in [6.07, 6.45) is 3.01. The van der Waals surface area contributed by atoms with Crippen LogP contribution in [0.4, 0.5) is 0 Å². The molecule has 104 valence electrons. The molecule has 0 aromatic heterocycles. The molecule has 0 saturated heterocycles. The lowest BCUT2D eigenvalue weighted by Gasteiger charge is -2.22. The highest BCUT2D eigenvalue weighted by Crippen LogP contribution is 2.29. The second kappa shape index (κ2) is 6.33. The molecule has 3 rings (SSSR count). The minimum Gasteiger partial charge on any atom is -0.383 e.